The average molecular weight is 448 g/mol. The van der Waals surface area contributed by atoms with Crippen LogP contribution in [0.2, 0.25) is 0 Å². The monoisotopic (exact) mass is 447 g/mol. The lowest BCUT2D eigenvalue weighted by atomic mass is 9.96. The number of anilines is 1. The number of hydrogen-bond donors (Lipinski definition) is 1. The molecule has 1 N–H and O–H groups in total. The number of piperidine rings is 1. The van der Waals surface area contributed by atoms with Gasteiger partial charge in [-0.05, 0) is 49.4 Å². The number of aromatic nitrogens is 3. The minimum Gasteiger partial charge on any atom is -0.481 e. The van der Waals surface area contributed by atoms with Crippen molar-refractivity contribution in [2.24, 2.45) is 5.92 Å². The van der Waals surface area contributed by atoms with Gasteiger partial charge in [0.05, 0.1) is 12.6 Å². The molecule has 0 aliphatic carbocycles. The van der Waals surface area contributed by atoms with Crippen LogP contribution >= 0.6 is 0 Å². The summed E-state index contributed by atoms with van der Waals surface area (Å²) in [5.41, 5.74) is 2.95. The molecule has 0 bridgehead atoms. The molecule has 2 aliphatic rings. The van der Waals surface area contributed by atoms with Gasteiger partial charge in [-0.25, -0.2) is 15.0 Å². The first-order valence-electron chi connectivity index (χ1n) is 11.6. The number of amides is 1. The van der Waals surface area contributed by atoms with E-state index in [9.17, 15) is 4.79 Å². The second-order valence-electron chi connectivity index (χ2n) is 8.67. The van der Waals surface area contributed by atoms with E-state index in [1.54, 1.807) is 13.4 Å². The van der Waals surface area contributed by atoms with Crippen LogP contribution in [0.1, 0.15) is 25.7 Å². The van der Waals surface area contributed by atoms with Crippen molar-refractivity contribution in [2.75, 3.05) is 38.7 Å². The van der Waals surface area contributed by atoms with Crippen molar-refractivity contribution in [1.29, 1.82) is 0 Å². The molecule has 172 valence electrons. The van der Waals surface area contributed by atoms with Gasteiger partial charge in [-0.15, -0.1) is 0 Å². The molecule has 0 unspecified atom stereocenters. The van der Waals surface area contributed by atoms with Crippen LogP contribution < -0.4 is 10.1 Å². The van der Waals surface area contributed by atoms with Crippen molar-refractivity contribution in [1.82, 2.24) is 19.9 Å². The first-order valence-corrected chi connectivity index (χ1v) is 11.6. The van der Waals surface area contributed by atoms with E-state index in [2.05, 4.69) is 26.3 Å². The summed E-state index contributed by atoms with van der Waals surface area (Å²) < 4.78 is 10.6. The highest BCUT2D eigenvalue weighted by Gasteiger charge is 2.29. The van der Waals surface area contributed by atoms with Gasteiger partial charge < -0.3 is 19.7 Å². The van der Waals surface area contributed by atoms with Gasteiger partial charge >= 0.3 is 0 Å². The summed E-state index contributed by atoms with van der Waals surface area (Å²) in [7, 11) is 1.61. The van der Waals surface area contributed by atoms with Crippen LogP contribution in [0, 0.1) is 5.92 Å². The molecule has 0 spiro atoms. The molecule has 5 rings (SSSR count). The van der Waals surface area contributed by atoms with Crippen molar-refractivity contribution in [3.8, 4) is 17.0 Å². The Labute approximate surface area is 193 Å². The predicted molar refractivity (Wildman–Crippen MR) is 126 cm³/mol. The molecule has 1 aromatic carbocycles. The molecular weight excluding hydrogens is 418 g/mol. The number of nitrogens with zero attached hydrogens (tertiary/aromatic N) is 4. The second-order valence-corrected chi connectivity index (χ2v) is 8.67. The fourth-order valence-electron chi connectivity index (χ4n) is 4.66. The fraction of sp³-hybridized carbons (Fsp3) is 0.440. The number of carbonyl (C=O) groups is 1. The molecule has 2 saturated heterocycles. The molecule has 1 amide bonds. The van der Waals surface area contributed by atoms with Gasteiger partial charge in [-0.1, -0.05) is 6.07 Å². The van der Waals surface area contributed by atoms with Gasteiger partial charge in [-0.2, -0.15) is 0 Å². The number of rotatable bonds is 5. The highest BCUT2D eigenvalue weighted by Crippen LogP contribution is 2.29. The second kappa shape index (κ2) is 9.70. The van der Waals surface area contributed by atoms with E-state index in [4.69, 9.17) is 9.47 Å². The third-order valence-corrected chi connectivity index (χ3v) is 6.63. The Morgan fingerprint density at radius 3 is 2.55 bits per heavy atom. The van der Waals surface area contributed by atoms with E-state index in [0.29, 0.717) is 25.0 Å². The number of carbonyl (C=O) groups excluding carboxylic acids is 1. The lowest BCUT2D eigenvalue weighted by Gasteiger charge is -2.35. The maximum atomic E-state index is 12.8. The highest BCUT2D eigenvalue weighted by molar-refractivity contribution is 5.92. The van der Waals surface area contributed by atoms with Crippen molar-refractivity contribution >= 4 is 22.6 Å². The third-order valence-electron chi connectivity index (χ3n) is 6.63. The number of likely N-dealkylation sites (tertiary alicyclic amines) is 1. The lowest BCUT2D eigenvalue weighted by Crippen LogP contribution is -2.45. The van der Waals surface area contributed by atoms with E-state index in [1.165, 1.54) is 0 Å². The zero-order chi connectivity index (χ0) is 22.6. The maximum absolute atomic E-state index is 12.8. The molecule has 2 fully saturated rings. The van der Waals surface area contributed by atoms with Crippen LogP contribution in [0.5, 0.6) is 5.88 Å². The van der Waals surface area contributed by atoms with Crippen molar-refractivity contribution in [2.45, 2.75) is 31.7 Å². The van der Waals surface area contributed by atoms with Gasteiger partial charge in [0.1, 0.15) is 12.1 Å². The molecule has 0 radical (unpaired) electrons. The number of benzene rings is 1. The van der Waals surface area contributed by atoms with Crippen molar-refractivity contribution in [3.63, 3.8) is 0 Å². The maximum Gasteiger partial charge on any atom is 0.225 e. The zero-order valence-corrected chi connectivity index (χ0v) is 18.9. The Morgan fingerprint density at radius 2 is 1.82 bits per heavy atom. The van der Waals surface area contributed by atoms with E-state index in [-0.39, 0.29) is 12.0 Å². The summed E-state index contributed by atoms with van der Waals surface area (Å²) in [6.07, 6.45) is 6.90. The summed E-state index contributed by atoms with van der Waals surface area (Å²) in [6, 6.07) is 10.3. The number of hydrogen-bond acceptors (Lipinski definition) is 7. The Kier molecular flexibility index (Phi) is 6.35. The quantitative estimate of drug-likeness (QED) is 0.640. The van der Waals surface area contributed by atoms with Crippen LogP contribution in [-0.2, 0) is 9.53 Å². The first-order chi connectivity index (χ1) is 16.2. The molecule has 8 heteroatoms. The SMILES string of the molecule is COc1ccc(-c2ccc3ncnc(NC4CCN(C(=O)C5CCOCC5)CC4)c3c2)cn1. The predicted octanol–water partition coefficient (Wildman–Crippen LogP) is 3.53. The first kappa shape index (κ1) is 21.6. The topological polar surface area (TPSA) is 89.5 Å². The number of methoxy groups -OCH3 is 1. The van der Waals surface area contributed by atoms with E-state index >= 15 is 0 Å². The Morgan fingerprint density at radius 1 is 1.03 bits per heavy atom. The van der Waals surface area contributed by atoms with Crippen LogP contribution in [-0.4, -0.2) is 65.2 Å². The summed E-state index contributed by atoms with van der Waals surface area (Å²) in [5, 5.41) is 4.59. The van der Waals surface area contributed by atoms with E-state index in [0.717, 1.165) is 66.6 Å². The molecule has 0 atom stereocenters. The molecule has 8 nitrogen and oxygen atoms in total. The number of ether oxygens (including phenoxy) is 2. The van der Waals surface area contributed by atoms with Crippen LogP contribution in [0.25, 0.3) is 22.0 Å². The Bertz CT molecular complexity index is 1110. The van der Waals surface area contributed by atoms with Gasteiger partial charge in [0, 0.05) is 61.5 Å². The molecule has 2 aromatic heterocycles. The van der Waals surface area contributed by atoms with Crippen LogP contribution in [0.4, 0.5) is 5.82 Å². The van der Waals surface area contributed by atoms with Crippen molar-refractivity contribution in [3.05, 3.63) is 42.9 Å². The molecule has 4 heterocycles. The fourth-order valence-corrected chi connectivity index (χ4v) is 4.66. The largest absolute Gasteiger partial charge is 0.481 e. The van der Waals surface area contributed by atoms with Crippen LogP contribution in [0.3, 0.4) is 0 Å². The number of pyridine rings is 1. The van der Waals surface area contributed by atoms with Gasteiger partial charge in [-0.3, -0.25) is 4.79 Å². The molecule has 3 aromatic rings. The average Bonchev–Trinajstić information content (AvgIpc) is 2.89. The minimum atomic E-state index is 0.125. The summed E-state index contributed by atoms with van der Waals surface area (Å²) in [6.45, 7) is 2.95. The smallest absolute Gasteiger partial charge is 0.225 e. The molecule has 0 saturated carbocycles. The van der Waals surface area contributed by atoms with Gasteiger partial charge in [0.15, 0.2) is 0 Å². The summed E-state index contributed by atoms with van der Waals surface area (Å²) >= 11 is 0. The number of fused-ring (bicyclic) bond motifs is 1. The van der Waals surface area contributed by atoms with E-state index in [1.807, 2.05) is 35.4 Å². The summed E-state index contributed by atoms with van der Waals surface area (Å²) in [5.74, 6) is 1.84. The Hall–Kier alpha value is -3.26. The standard InChI is InChI=1S/C25H29N5O3/c1-32-23-5-3-19(15-26-23)18-2-4-22-21(14-18)24(28-16-27-22)29-20-6-10-30(11-7-20)25(31)17-8-12-33-13-9-17/h2-5,14-17,20H,6-13H2,1H3,(H,27,28,29). The van der Waals surface area contributed by atoms with Crippen LogP contribution in [0.15, 0.2) is 42.9 Å². The highest BCUT2D eigenvalue weighted by atomic mass is 16.5. The molecular formula is C25H29N5O3. The molecule has 2 aliphatic heterocycles. The summed E-state index contributed by atoms with van der Waals surface area (Å²) in [4.78, 5) is 28.1. The third kappa shape index (κ3) is 4.75. The van der Waals surface area contributed by atoms with Gasteiger partial charge in [0.25, 0.3) is 0 Å². The zero-order valence-electron chi connectivity index (χ0n) is 18.9. The number of nitrogens with one attached hydrogen (secondary N) is 1. The minimum absolute atomic E-state index is 0.125. The van der Waals surface area contributed by atoms with Gasteiger partial charge in [0.2, 0.25) is 11.8 Å². The van der Waals surface area contributed by atoms with E-state index < -0.39 is 0 Å². The normalized spacial score (nSPS) is 17.8. The van der Waals surface area contributed by atoms with Crippen molar-refractivity contribution < 1.29 is 14.3 Å². The Balaban J connectivity index is 1.28. The molecule has 33 heavy (non-hydrogen) atoms. The lowest BCUT2D eigenvalue weighted by molar-refractivity contribution is -0.139.